The maximum Gasteiger partial charge on any atom is 0.256 e. The van der Waals surface area contributed by atoms with Gasteiger partial charge in [0.2, 0.25) is 0 Å². The molecule has 0 aromatic heterocycles. The summed E-state index contributed by atoms with van der Waals surface area (Å²) in [7, 11) is 0. The third-order valence-corrected chi connectivity index (χ3v) is 4.61. The fourth-order valence-electron chi connectivity index (χ4n) is 3.08. The van der Waals surface area contributed by atoms with Gasteiger partial charge in [-0.2, -0.15) is 0 Å². The minimum atomic E-state index is -0.563. The molecule has 3 nitrogen and oxygen atoms in total. The molecule has 1 aliphatic rings. The summed E-state index contributed by atoms with van der Waals surface area (Å²) < 4.78 is 27.5. The molecule has 0 aliphatic carbocycles. The van der Waals surface area contributed by atoms with Crippen molar-refractivity contribution in [1.29, 1.82) is 0 Å². The fraction of sp³-hybridized carbons (Fsp3) is 0.286. The number of amides is 1. The van der Waals surface area contributed by atoms with Gasteiger partial charge in [-0.25, -0.2) is 8.78 Å². The molecule has 3 rings (SSSR count). The van der Waals surface area contributed by atoms with Crippen molar-refractivity contribution in [3.8, 4) is 23.5 Å². The van der Waals surface area contributed by atoms with Crippen LogP contribution in [0, 0.1) is 24.0 Å². The van der Waals surface area contributed by atoms with Crippen LogP contribution in [0.25, 0.3) is 11.1 Å². The Morgan fingerprint density at radius 2 is 1.65 bits per heavy atom. The monoisotopic (exact) mass is 354 g/mol. The predicted octanol–water partition coefficient (Wildman–Crippen LogP) is 3.41. The number of hydrogen-bond acceptors (Lipinski definition) is 2. The minimum absolute atomic E-state index is 0.0629. The maximum atomic E-state index is 14.5. The second-order valence-electron chi connectivity index (χ2n) is 6.29. The maximum absolute atomic E-state index is 14.5. The van der Waals surface area contributed by atoms with Crippen LogP contribution in [0.3, 0.4) is 0 Å². The third-order valence-electron chi connectivity index (χ3n) is 4.61. The van der Waals surface area contributed by atoms with Gasteiger partial charge in [0.15, 0.2) is 0 Å². The molecule has 0 spiro atoms. The number of benzene rings is 2. The molecule has 26 heavy (non-hydrogen) atoms. The Labute approximate surface area is 152 Å². The van der Waals surface area contributed by atoms with Crippen LogP contribution < -0.4 is 0 Å². The summed E-state index contributed by atoms with van der Waals surface area (Å²) in [6.45, 7) is 3.41. The van der Waals surface area contributed by atoms with Crippen molar-refractivity contribution in [3.05, 3.63) is 59.7 Å². The highest BCUT2D eigenvalue weighted by atomic mass is 19.1. The number of hydrogen-bond donors (Lipinski definition) is 0. The fourth-order valence-corrected chi connectivity index (χ4v) is 3.08. The van der Waals surface area contributed by atoms with E-state index in [-0.39, 0.29) is 17.3 Å². The summed E-state index contributed by atoms with van der Waals surface area (Å²) in [4.78, 5) is 16.5. The van der Waals surface area contributed by atoms with Crippen LogP contribution in [0.15, 0.2) is 42.5 Å². The molecular weight excluding hydrogens is 334 g/mol. The van der Waals surface area contributed by atoms with Crippen LogP contribution in [0.2, 0.25) is 0 Å². The number of halogens is 2. The predicted molar refractivity (Wildman–Crippen MR) is 97.6 cm³/mol. The molecule has 1 saturated heterocycles. The first-order valence-corrected chi connectivity index (χ1v) is 8.59. The van der Waals surface area contributed by atoms with Gasteiger partial charge in [0.05, 0.1) is 5.56 Å². The Kier molecular flexibility index (Phi) is 5.65. The lowest BCUT2D eigenvalue weighted by molar-refractivity contribution is 0.0635. The average Bonchev–Trinajstić information content (AvgIpc) is 2.67. The average molecular weight is 354 g/mol. The van der Waals surface area contributed by atoms with Crippen LogP contribution >= 0.6 is 0 Å². The Balaban J connectivity index is 1.69. The molecule has 0 unspecified atom stereocenters. The first-order valence-electron chi connectivity index (χ1n) is 8.59. The van der Waals surface area contributed by atoms with Gasteiger partial charge < -0.3 is 4.90 Å². The highest BCUT2D eigenvalue weighted by molar-refractivity contribution is 5.95. The van der Waals surface area contributed by atoms with Gasteiger partial charge in [-0.3, -0.25) is 9.69 Å². The molecule has 1 fully saturated rings. The van der Waals surface area contributed by atoms with Crippen LogP contribution in [0.4, 0.5) is 8.78 Å². The largest absolute Gasteiger partial charge is 0.336 e. The molecule has 0 radical (unpaired) electrons. The van der Waals surface area contributed by atoms with Crippen LogP contribution in [0.1, 0.15) is 16.8 Å². The zero-order valence-electron chi connectivity index (χ0n) is 14.4. The van der Waals surface area contributed by atoms with E-state index < -0.39 is 5.82 Å². The lowest BCUT2D eigenvalue weighted by Gasteiger charge is -2.34. The molecule has 2 aromatic carbocycles. The highest BCUT2D eigenvalue weighted by Crippen LogP contribution is 2.23. The topological polar surface area (TPSA) is 23.6 Å². The standard InChI is InChI=1S/C21H20F2N2O/c1-2-3-10-24-11-13-25(14-12-24)21(26)19-9-6-17(15-20(19)23)16-4-7-18(22)8-5-16/h1,4-9,15H,3,10-14H2. The van der Waals surface area contributed by atoms with Crippen molar-refractivity contribution < 1.29 is 13.6 Å². The van der Waals surface area contributed by atoms with Crippen molar-refractivity contribution in [2.45, 2.75) is 6.42 Å². The Morgan fingerprint density at radius 3 is 2.27 bits per heavy atom. The molecular formula is C21H20F2N2O. The van der Waals surface area contributed by atoms with Crippen molar-refractivity contribution in [3.63, 3.8) is 0 Å². The lowest BCUT2D eigenvalue weighted by atomic mass is 10.0. The number of carbonyl (C=O) groups is 1. The van der Waals surface area contributed by atoms with Gasteiger partial charge in [-0.1, -0.05) is 18.2 Å². The van der Waals surface area contributed by atoms with Gasteiger partial charge in [0.1, 0.15) is 11.6 Å². The summed E-state index contributed by atoms with van der Waals surface area (Å²) in [5.41, 5.74) is 1.37. The number of carbonyl (C=O) groups excluding carboxylic acids is 1. The lowest BCUT2D eigenvalue weighted by Crippen LogP contribution is -2.49. The van der Waals surface area contributed by atoms with E-state index in [1.54, 1.807) is 23.1 Å². The molecule has 0 saturated carbocycles. The summed E-state index contributed by atoms with van der Waals surface area (Å²) in [5.74, 6) is 1.40. The Hall–Kier alpha value is -2.71. The minimum Gasteiger partial charge on any atom is -0.336 e. The number of rotatable bonds is 4. The van der Waals surface area contributed by atoms with Crippen LogP contribution in [0.5, 0.6) is 0 Å². The van der Waals surface area contributed by atoms with Gasteiger partial charge in [0.25, 0.3) is 5.91 Å². The second kappa shape index (κ2) is 8.11. The Bertz CT molecular complexity index is 819. The van der Waals surface area contributed by atoms with Crippen molar-refractivity contribution in [1.82, 2.24) is 9.80 Å². The zero-order chi connectivity index (χ0) is 18.5. The van der Waals surface area contributed by atoms with E-state index in [0.717, 1.165) is 19.6 Å². The summed E-state index contributed by atoms with van der Waals surface area (Å²) in [6.07, 6.45) is 5.96. The number of piperazine rings is 1. The van der Waals surface area contributed by atoms with Gasteiger partial charge in [-0.15, -0.1) is 12.3 Å². The van der Waals surface area contributed by atoms with Crippen molar-refractivity contribution in [2.24, 2.45) is 0 Å². The van der Waals surface area contributed by atoms with E-state index in [1.165, 1.54) is 24.3 Å². The summed E-state index contributed by atoms with van der Waals surface area (Å²) >= 11 is 0. The normalized spacial score (nSPS) is 14.9. The van der Waals surface area contributed by atoms with E-state index in [0.29, 0.717) is 30.6 Å². The summed E-state index contributed by atoms with van der Waals surface area (Å²) in [5, 5.41) is 0. The third kappa shape index (κ3) is 4.09. The second-order valence-corrected chi connectivity index (χ2v) is 6.29. The number of terminal acetylenes is 1. The smallest absolute Gasteiger partial charge is 0.256 e. The SMILES string of the molecule is C#CCCN1CCN(C(=O)c2ccc(-c3ccc(F)cc3)cc2F)CC1. The first-order chi connectivity index (χ1) is 12.6. The molecule has 1 aliphatic heterocycles. The van der Waals surface area contributed by atoms with E-state index in [2.05, 4.69) is 10.8 Å². The number of nitrogens with zero attached hydrogens (tertiary/aromatic N) is 2. The first kappa shape index (κ1) is 18.1. The zero-order valence-corrected chi connectivity index (χ0v) is 14.4. The Morgan fingerprint density at radius 1 is 1.00 bits per heavy atom. The molecule has 5 heteroatoms. The molecule has 1 amide bonds. The van der Waals surface area contributed by atoms with Crippen molar-refractivity contribution >= 4 is 5.91 Å². The van der Waals surface area contributed by atoms with Gasteiger partial charge in [0, 0.05) is 39.1 Å². The van der Waals surface area contributed by atoms with Gasteiger partial charge in [-0.05, 0) is 35.4 Å². The summed E-state index contributed by atoms with van der Waals surface area (Å²) in [6, 6.07) is 10.3. The van der Waals surface area contributed by atoms with E-state index in [4.69, 9.17) is 6.42 Å². The molecule has 134 valence electrons. The van der Waals surface area contributed by atoms with Crippen LogP contribution in [-0.4, -0.2) is 48.4 Å². The van der Waals surface area contributed by atoms with E-state index in [1.807, 2.05) is 0 Å². The van der Waals surface area contributed by atoms with Crippen molar-refractivity contribution in [2.75, 3.05) is 32.7 Å². The molecule has 0 N–H and O–H groups in total. The van der Waals surface area contributed by atoms with E-state index in [9.17, 15) is 13.6 Å². The van der Waals surface area contributed by atoms with E-state index >= 15 is 0 Å². The molecule has 2 aromatic rings. The quantitative estimate of drug-likeness (QED) is 0.786. The molecule has 1 heterocycles. The van der Waals surface area contributed by atoms with Gasteiger partial charge >= 0.3 is 0 Å². The molecule has 0 bridgehead atoms. The highest BCUT2D eigenvalue weighted by Gasteiger charge is 2.24. The molecule has 0 atom stereocenters. The van der Waals surface area contributed by atoms with Crippen LogP contribution in [-0.2, 0) is 0 Å².